The lowest BCUT2D eigenvalue weighted by molar-refractivity contribution is -0.140. The Hall–Kier alpha value is -4.12. The van der Waals surface area contributed by atoms with Crippen LogP contribution in [0.2, 0.25) is 0 Å². The van der Waals surface area contributed by atoms with Crippen LogP contribution in [-0.2, 0) is 26.1 Å². The number of carbonyl (C=O) groups excluding carboxylic acids is 2. The number of pyridine rings is 1. The number of amides is 1. The normalized spacial score (nSPS) is 15.2. The highest BCUT2D eigenvalue weighted by molar-refractivity contribution is 7.89. The molecule has 1 saturated heterocycles. The Labute approximate surface area is 265 Å². The Morgan fingerprint density at radius 3 is 2.16 bits per heavy atom. The topological polar surface area (TPSA) is 109 Å². The first-order valence-electron chi connectivity index (χ1n) is 15.3. The summed E-state index contributed by atoms with van der Waals surface area (Å²) in [7, 11) is -2.36. The fourth-order valence-corrected chi connectivity index (χ4v) is 7.24. The second kappa shape index (κ2) is 14.3. The van der Waals surface area contributed by atoms with E-state index in [-0.39, 0.29) is 43.1 Å². The predicted octanol–water partition coefficient (Wildman–Crippen LogP) is 5.04. The molecule has 1 aromatic heterocycles. The molecule has 5 rings (SSSR count). The minimum Gasteiger partial charge on any atom is -0.469 e. The van der Waals surface area contributed by atoms with Crippen molar-refractivity contribution in [1.29, 1.82) is 0 Å². The number of aromatic nitrogens is 1. The number of carbonyl (C=O) groups is 2. The van der Waals surface area contributed by atoms with E-state index in [4.69, 9.17) is 4.98 Å². The van der Waals surface area contributed by atoms with Crippen molar-refractivity contribution in [1.82, 2.24) is 19.5 Å². The molecule has 1 fully saturated rings. The minimum atomic E-state index is -3.61. The third-order valence-corrected chi connectivity index (χ3v) is 10.1. The molecule has 45 heavy (non-hydrogen) atoms. The average molecular weight is 629 g/mol. The quantitative estimate of drug-likeness (QED) is 0.232. The van der Waals surface area contributed by atoms with Gasteiger partial charge in [0.1, 0.15) is 0 Å². The summed E-state index contributed by atoms with van der Waals surface area (Å²) in [4.78, 5) is 33.2. The maximum Gasteiger partial charge on any atom is 0.306 e. The van der Waals surface area contributed by atoms with Crippen molar-refractivity contribution in [2.45, 2.75) is 32.9 Å². The van der Waals surface area contributed by atoms with Gasteiger partial charge >= 0.3 is 5.97 Å². The summed E-state index contributed by atoms with van der Waals surface area (Å²) in [5.74, 6) is -0.856. The minimum absolute atomic E-state index is 0.149. The van der Waals surface area contributed by atoms with Gasteiger partial charge in [-0.05, 0) is 17.5 Å². The summed E-state index contributed by atoms with van der Waals surface area (Å²) in [6.45, 7) is 6.12. The molecule has 9 nitrogen and oxygen atoms in total. The Morgan fingerprint density at radius 1 is 0.889 bits per heavy atom. The zero-order valence-corrected chi connectivity index (χ0v) is 26.8. The van der Waals surface area contributed by atoms with Crippen molar-refractivity contribution in [3.05, 3.63) is 102 Å². The number of hydrogen-bond acceptors (Lipinski definition) is 7. The summed E-state index contributed by atoms with van der Waals surface area (Å²) in [6.07, 6.45) is -0.179. The van der Waals surface area contributed by atoms with Gasteiger partial charge in [-0.1, -0.05) is 92.7 Å². The molecule has 1 atom stereocenters. The number of ether oxygens (including phenoxy) is 1. The number of sulfonamides is 1. The highest BCUT2D eigenvalue weighted by Gasteiger charge is 2.30. The number of methoxy groups -OCH3 is 1. The number of nitrogens with one attached hydrogen (secondary N) is 1. The summed E-state index contributed by atoms with van der Waals surface area (Å²) in [6, 6.07) is 27.4. The van der Waals surface area contributed by atoms with Gasteiger partial charge in [0.05, 0.1) is 42.1 Å². The van der Waals surface area contributed by atoms with Crippen LogP contribution >= 0.6 is 0 Å². The number of hydrogen-bond donors (Lipinski definition) is 1. The number of fused-ring (bicyclic) bond motifs is 1. The van der Waals surface area contributed by atoms with E-state index in [1.54, 1.807) is 0 Å². The van der Waals surface area contributed by atoms with Gasteiger partial charge in [-0.15, -0.1) is 0 Å². The Balaban J connectivity index is 1.51. The van der Waals surface area contributed by atoms with Crippen molar-refractivity contribution in [3.8, 4) is 11.3 Å². The molecule has 1 unspecified atom stereocenters. The number of benzene rings is 3. The van der Waals surface area contributed by atoms with E-state index < -0.39 is 16.0 Å². The maximum absolute atomic E-state index is 14.4. The maximum atomic E-state index is 14.4. The second-order valence-electron chi connectivity index (χ2n) is 11.6. The van der Waals surface area contributed by atoms with Crippen molar-refractivity contribution in [2.75, 3.05) is 39.0 Å². The van der Waals surface area contributed by atoms with E-state index in [9.17, 15) is 18.0 Å². The highest BCUT2D eigenvalue weighted by Crippen LogP contribution is 2.33. The van der Waals surface area contributed by atoms with Crippen molar-refractivity contribution in [3.63, 3.8) is 0 Å². The lowest BCUT2D eigenvalue weighted by atomic mass is 9.93. The third kappa shape index (κ3) is 7.58. The molecule has 0 radical (unpaired) electrons. The number of nitrogens with zero attached hydrogens (tertiary/aromatic N) is 3. The average Bonchev–Trinajstić information content (AvgIpc) is 3.06. The standard InChI is InChI=1S/C35H40N4O5S/c1-25(2)33(26-12-6-4-7-13-26)37-35(41)32-28-16-10-11-17-30(28)36-34(27-14-8-5-9-15-27)29(32)24-38-19-21-39(22-20-38)45(42,43)23-18-31(40)44-3/h4-17,25,33H,18-24H2,1-3H3,(H,37,41). The van der Waals surface area contributed by atoms with Crippen LogP contribution < -0.4 is 5.32 Å². The molecule has 3 aromatic carbocycles. The molecule has 10 heteroatoms. The van der Waals surface area contributed by atoms with E-state index >= 15 is 0 Å². The van der Waals surface area contributed by atoms with Crippen LogP contribution in [0.4, 0.5) is 0 Å². The van der Waals surface area contributed by atoms with Crippen molar-refractivity contribution >= 4 is 32.8 Å². The first kappa shape index (κ1) is 32.3. The van der Waals surface area contributed by atoms with Gasteiger partial charge in [0.2, 0.25) is 10.0 Å². The molecule has 1 aliphatic rings. The van der Waals surface area contributed by atoms with Crippen molar-refractivity contribution < 1.29 is 22.7 Å². The number of piperazine rings is 1. The summed E-state index contributed by atoms with van der Waals surface area (Å²) in [5.41, 5.74) is 4.78. The fourth-order valence-electron chi connectivity index (χ4n) is 5.84. The molecule has 2 heterocycles. The van der Waals surface area contributed by atoms with Crippen molar-refractivity contribution in [2.24, 2.45) is 5.92 Å². The van der Waals surface area contributed by atoms with Gasteiger partial charge in [0.25, 0.3) is 5.91 Å². The SMILES string of the molecule is COC(=O)CCS(=O)(=O)N1CCN(Cc2c(-c3ccccc3)nc3ccccc3c2C(=O)NC(c2ccccc2)C(C)C)CC1. The number of rotatable bonds is 11. The molecule has 1 N–H and O–H groups in total. The second-order valence-corrected chi connectivity index (χ2v) is 13.7. The lowest BCUT2D eigenvalue weighted by Gasteiger charge is -2.34. The molecule has 0 saturated carbocycles. The van der Waals surface area contributed by atoms with Gasteiger partial charge in [-0.25, -0.2) is 13.4 Å². The Kier molecular flexibility index (Phi) is 10.3. The Bertz CT molecular complexity index is 1740. The van der Waals surface area contributed by atoms with Crippen LogP contribution in [-0.4, -0.2) is 73.5 Å². The zero-order valence-electron chi connectivity index (χ0n) is 26.0. The first-order chi connectivity index (χ1) is 21.7. The highest BCUT2D eigenvalue weighted by atomic mass is 32.2. The van der Waals surface area contributed by atoms with Crippen LogP contribution in [0, 0.1) is 5.92 Å². The summed E-state index contributed by atoms with van der Waals surface area (Å²) >= 11 is 0. The van der Waals surface area contributed by atoms with Crippen LogP contribution in [0.1, 0.15) is 47.8 Å². The van der Waals surface area contributed by atoms with Crippen LogP contribution in [0.5, 0.6) is 0 Å². The molecule has 4 aromatic rings. The molecule has 0 bridgehead atoms. The molecule has 1 amide bonds. The third-order valence-electron chi connectivity index (χ3n) is 8.28. The molecule has 236 valence electrons. The molecule has 0 aliphatic carbocycles. The molecular formula is C35H40N4O5S. The van der Waals surface area contributed by atoms with E-state index in [0.717, 1.165) is 33.3 Å². The molecular weight excluding hydrogens is 588 g/mol. The van der Waals surface area contributed by atoms with E-state index in [0.29, 0.717) is 25.2 Å². The monoisotopic (exact) mass is 628 g/mol. The summed E-state index contributed by atoms with van der Waals surface area (Å²) in [5, 5.41) is 4.11. The van der Waals surface area contributed by atoms with Crippen LogP contribution in [0.3, 0.4) is 0 Å². The van der Waals surface area contributed by atoms with Gasteiger partial charge in [-0.2, -0.15) is 4.31 Å². The number of para-hydroxylation sites is 1. The first-order valence-corrected chi connectivity index (χ1v) is 16.9. The largest absolute Gasteiger partial charge is 0.469 e. The van der Waals surface area contributed by atoms with Gasteiger partial charge in [0, 0.05) is 49.2 Å². The summed E-state index contributed by atoms with van der Waals surface area (Å²) < 4.78 is 31.9. The lowest BCUT2D eigenvalue weighted by Crippen LogP contribution is -2.49. The molecule has 0 spiro atoms. The van der Waals surface area contributed by atoms with Gasteiger partial charge < -0.3 is 10.1 Å². The van der Waals surface area contributed by atoms with E-state index in [1.807, 2.05) is 84.9 Å². The zero-order chi connectivity index (χ0) is 32.0. The Morgan fingerprint density at radius 2 is 1.51 bits per heavy atom. The predicted molar refractivity (Wildman–Crippen MR) is 176 cm³/mol. The van der Waals surface area contributed by atoms with Crippen LogP contribution in [0.25, 0.3) is 22.2 Å². The molecule has 1 aliphatic heterocycles. The number of esters is 1. The van der Waals surface area contributed by atoms with E-state index in [2.05, 4.69) is 28.8 Å². The fraction of sp³-hybridized carbons (Fsp3) is 0.343. The van der Waals surface area contributed by atoms with Gasteiger partial charge in [0.15, 0.2) is 0 Å². The van der Waals surface area contributed by atoms with Gasteiger partial charge in [-0.3, -0.25) is 14.5 Å². The smallest absolute Gasteiger partial charge is 0.306 e. The van der Waals surface area contributed by atoms with Crippen LogP contribution in [0.15, 0.2) is 84.9 Å². The van der Waals surface area contributed by atoms with E-state index in [1.165, 1.54) is 11.4 Å².